The molecular formula is C23H23ClN2O4S. The standard InChI is InChI=1S/C23H23ClN2O4S/c1-16-4-8-18(9-5-16)15-30-23-21(24)12-19(13-22(23)29-3)14-25-26-31(27,28)20-10-6-17(2)7-11-20/h4-14,26H,15H2,1-3H3. The number of hydrazone groups is 1. The minimum atomic E-state index is -3.76. The average Bonchev–Trinajstić information content (AvgIpc) is 2.74. The third kappa shape index (κ3) is 5.99. The van der Waals surface area contributed by atoms with Gasteiger partial charge in [0, 0.05) is 0 Å². The molecule has 0 saturated carbocycles. The minimum absolute atomic E-state index is 0.130. The molecule has 3 aromatic rings. The molecule has 31 heavy (non-hydrogen) atoms. The Morgan fingerprint density at radius 1 is 1.00 bits per heavy atom. The minimum Gasteiger partial charge on any atom is -0.493 e. The fraction of sp³-hybridized carbons (Fsp3) is 0.174. The molecule has 0 aliphatic heterocycles. The molecule has 0 amide bonds. The van der Waals surface area contributed by atoms with Crippen LogP contribution in [0.25, 0.3) is 0 Å². The second kappa shape index (κ2) is 9.85. The molecule has 162 valence electrons. The summed E-state index contributed by atoms with van der Waals surface area (Å²) in [5.74, 6) is 0.824. The lowest BCUT2D eigenvalue weighted by molar-refractivity contribution is 0.284. The van der Waals surface area contributed by atoms with Crippen LogP contribution in [0.1, 0.15) is 22.3 Å². The molecule has 0 heterocycles. The van der Waals surface area contributed by atoms with Gasteiger partial charge in [-0.2, -0.15) is 13.5 Å². The fourth-order valence-electron chi connectivity index (χ4n) is 2.73. The van der Waals surface area contributed by atoms with E-state index in [0.717, 1.165) is 11.1 Å². The van der Waals surface area contributed by atoms with Crippen LogP contribution in [0.2, 0.25) is 5.02 Å². The zero-order valence-electron chi connectivity index (χ0n) is 17.4. The first-order chi connectivity index (χ1) is 14.8. The van der Waals surface area contributed by atoms with Crippen molar-refractivity contribution in [2.24, 2.45) is 5.10 Å². The number of nitrogens with zero attached hydrogens (tertiary/aromatic N) is 1. The Morgan fingerprint density at radius 2 is 1.61 bits per heavy atom. The highest BCUT2D eigenvalue weighted by atomic mass is 35.5. The van der Waals surface area contributed by atoms with Gasteiger partial charge >= 0.3 is 0 Å². The maximum Gasteiger partial charge on any atom is 0.276 e. The molecule has 1 N–H and O–H groups in total. The van der Waals surface area contributed by atoms with Crippen LogP contribution >= 0.6 is 11.6 Å². The van der Waals surface area contributed by atoms with Gasteiger partial charge in [0.15, 0.2) is 11.5 Å². The van der Waals surface area contributed by atoms with E-state index in [9.17, 15) is 8.42 Å². The first-order valence-electron chi connectivity index (χ1n) is 9.46. The van der Waals surface area contributed by atoms with Gasteiger partial charge in [0.2, 0.25) is 0 Å². The molecule has 3 aromatic carbocycles. The second-order valence-electron chi connectivity index (χ2n) is 6.97. The Labute approximate surface area is 187 Å². The molecule has 0 aliphatic carbocycles. The summed E-state index contributed by atoms with van der Waals surface area (Å²) in [5.41, 5.74) is 3.69. The number of methoxy groups -OCH3 is 1. The summed E-state index contributed by atoms with van der Waals surface area (Å²) < 4.78 is 35.9. The van der Waals surface area contributed by atoms with Crippen molar-refractivity contribution in [1.29, 1.82) is 0 Å². The average molecular weight is 459 g/mol. The summed E-state index contributed by atoms with van der Waals surface area (Å²) in [6.45, 7) is 4.24. The van der Waals surface area contributed by atoms with Crippen LogP contribution in [0.3, 0.4) is 0 Å². The van der Waals surface area contributed by atoms with E-state index in [2.05, 4.69) is 9.93 Å². The number of halogens is 1. The summed E-state index contributed by atoms with van der Waals surface area (Å²) in [6, 6.07) is 17.8. The molecule has 3 rings (SSSR count). The van der Waals surface area contributed by atoms with E-state index in [0.29, 0.717) is 28.7 Å². The number of nitrogens with one attached hydrogen (secondary N) is 1. The van der Waals surface area contributed by atoms with Gasteiger partial charge in [0.05, 0.1) is 23.2 Å². The van der Waals surface area contributed by atoms with E-state index in [4.69, 9.17) is 21.1 Å². The largest absolute Gasteiger partial charge is 0.493 e. The van der Waals surface area contributed by atoms with Crippen molar-refractivity contribution in [2.75, 3.05) is 7.11 Å². The molecule has 0 aliphatic rings. The summed E-state index contributed by atoms with van der Waals surface area (Å²) in [6.07, 6.45) is 1.35. The number of sulfonamides is 1. The number of rotatable bonds is 8. The summed E-state index contributed by atoms with van der Waals surface area (Å²) in [4.78, 5) is 2.32. The van der Waals surface area contributed by atoms with Crippen LogP contribution in [-0.2, 0) is 16.6 Å². The van der Waals surface area contributed by atoms with Crippen molar-refractivity contribution < 1.29 is 17.9 Å². The van der Waals surface area contributed by atoms with Crippen molar-refractivity contribution in [3.05, 3.63) is 87.9 Å². The number of hydrogen-bond donors (Lipinski definition) is 1. The molecule has 0 radical (unpaired) electrons. The molecule has 6 nitrogen and oxygen atoms in total. The van der Waals surface area contributed by atoms with Crippen LogP contribution in [0.5, 0.6) is 11.5 Å². The van der Waals surface area contributed by atoms with Crippen LogP contribution in [0.15, 0.2) is 70.7 Å². The fourth-order valence-corrected chi connectivity index (χ4v) is 3.80. The third-order valence-corrected chi connectivity index (χ3v) is 5.99. The topological polar surface area (TPSA) is 77.0 Å². The zero-order chi connectivity index (χ0) is 22.4. The quantitative estimate of drug-likeness (QED) is 0.386. The maximum atomic E-state index is 12.3. The van der Waals surface area contributed by atoms with Gasteiger partial charge in [-0.05, 0) is 49.2 Å². The highest BCUT2D eigenvalue weighted by Crippen LogP contribution is 2.36. The lowest BCUT2D eigenvalue weighted by atomic mass is 10.1. The lowest BCUT2D eigenvalue weighted by Crippen LogP contribution is -2.18. The molecule has 0 spiro atoms. The van der Waals surface area contributed by atoms with Gasteiger partial charge in [0.1, 0.15) is 6.61 Å². The molecule has 8 heteroatoms. The second-order valence-corrected chi connectivity index (χ2v) is 9.04. The summed E-state index contributed by atoms with van der Waals surface area (Å²) >= 11 is 6.38. The van der Waals surface area contributed by atoms with Crippen molar-refractivity contribution in [3.63, 3.8) is 0 Å². The molecule has 0 unspecified atom stereocenters. The maximum absolute atomic E-state index is 12.3. The number of benzene rings is 3. The van der Waals surface area contributed by atoms with Crippen molar-refractivity contribution in [1.82, 2.24) is 4.83 Å². The monoisotopic (exact) mass is 458 g/mol. The zero-order valence-corrected chi connectivity index (χ0v) is 19.0. The molecule has 0 saturated heterocycles. The lowest BCUT2D eigenvalue weighted by Gasteiger charge is -2.13. The first-order valence-corrected chi connectivity index (χ1v) is 11.3. The van der Waals surface area contributed by atoms with E-state index in [1.807, 2.05) is 38.1 Å². The van der Waals surface area contributed by atoms with Gasteiger partial charge in [0.25, 0.3) is 10.0 Å². The van der Waals surface area contributed by atoms with Crippen molar-refractivity contribution in [3.8, 4) is 11.5 Å². The third-order valence-electron chi connectivity index (χ3n) is 4.47. The van der Waals surface area contributed by atoms with E-state index >= 15 is 0 Å². The van der Waals surface area contributed by atoms with Gasteiger partial charge in [-0.1, -0.05) is 59.1 Å². The van der Waals surface area contributed by atoms with Crippen LogP contribution in [-0.4, -0.2) is 21.7 Å². The number of hydrogen-bond acceptors (Lipinski definition) is 5. The molecular weight excluding hydrogens is 436 g/mol. The molecule has 0 atom stereocenters. The van der Waals surface area contributed by atoms with Gasteiger partial charge < -0.3 is 9.47 Å². The summed E-state index contributed by atoms with van der Waals surface area (Å²) in [7, 11) is -2.25. The van der Waals surface area contributed by atoms with Crippen LogP contribution in [0.4, 0.5) is 0 Å². The normalized spacial score (nSPS) is 11.5. The molecule has 0 aromatic heterocycles. The van der Waals surface area contributed by atoms with E-state index in [-0.39, 0.29) is 4.90 Å². The Bertz CT molecular complexity index is 1180. The van der Waals surface area contributed by atoms with Gasteiger partial charge in [-0.25, -0.2) is 4.83 Å². The van der Waals surface area contributed by atoms with Crippen molar-refractivity contribution >= 4 is 27.8 Å². The van der Waals surface area contributed by atoms with Crippen LogP contribution in [0, 0.1) is 13.8 Å². The smallest absolute Gasteiger partial charge is 0.276 e. The summed E-state index contributed by atoms with van der Waals surface area (Å²) in [5, 5.41) is 4.17. The van der Waals surface area contributed by atoms with Gasteiger partial charge in [-0.3, -0.25) is 0 Å². The number of ether oxygens (including phenoxy) is 2. The Kier molecular flexibility index (Phi) is 7.20. The number of aryl methyl sites for hydroxylation is 2. The van der Waals surface area contributed by atoms with E-state index in [1.54, 1.807) is 24.3 Å². The van der Waals surface area contributed by atoms with Gasteiger partial charge in [-0.15, -0.1) is 0 Å². The first kappa shape index (κ1) is 22.7. The Hall–Kier alpha value is -3.03. The van der Waals surface area contributed by atoms with Crippen LogP contribution < -0.4 is 14.3 Å². The Morgan fingerprint density at radius 3 is 2.23 bits per heavy atom. The van der Waals surface area contributed by atoms with Crippen molar-refractivity contribution in [2.45, 2.75) is 25.3 Å². The highest BCUT2D eigenvalue weighted by molar-refractivity contribution is 7.89. The predicted octanol–water partition coefficient (Wildman–Crippen LogP) is 4.86. The highest BCUT2D eigenvalue weighted by Gasteiger charge is 2.14. The predicted molar refractivity (Wildman–Crippen MR) is 123 cm³/mol. The Balaban J connectivity index is 1.72. The molecule has 0 fully saturated rings. The van der Waals surface area contributed by atoms with E-state index < -0.39 is 10.0 Å². The molecule has 0 bridgehead atoms. The van der Waals surface area contributed by atoms with E-state index in [1.165, 1.54) is 31.0 Å². The SMILES string of the molecule is COc1cc(C=NNS(=O)(=O)c2ccc(C)cc2)cc(Cl)c1OCc1ccc(C)cc1.